The van der Waals surface area contributed by atoms with E-state index in [4.69, 9.17) is 10.00 Å². The van der Waals surface area contributed by atoms with E-state index >= 15 is 0 Å². The number of cyclic esters (lactones) is 1. The van der Waals surface area contributed by atoms with Crippen LogP contribution >= 0.6 is 0 Å². The number of nitriles is 1. The van der Waals surface area contributed by atoms with E-state index in [2.05, 4.69) is 6.07 Å². The predicted molar refractivity (Wildman–Crippen MR) is 109 cm³/mol. The van der Waals surface area contributed by atoms with Crippen molar-refractivity contribution in [1.29, 1.82) is 5.26 Å². The molecule has 3 aromatic carbocycles. The quantitative estimate of drug-likeness (QED) is 0.614. The van der Waals surface area contributed by atoms with Crippen molar-refractivity contribution < 1.29 is 9.53 Å². The van der Waals surface area contributed by atoms with E-state index in [9.17, 15) is 4.79 Å². The Kier molecular flexibility index (Phi) is 4.58. The molecule has 4 heteroatoms. The van der Waals surface area contributed by atoms with Crippen LogP contribution in [0.1, 0.15) is 24.5 Å². The first-order chi connectivity index (χ1) is 13.6. The highest BCUT2D eigenvalue weighted by molar-refractivity contribution is 5.90. The molecule has 0 N–H and O–H groups in total. The van der Waals surface area contributed by atoms with Crippen LogP contribution < -0.4 is 4.90 Å². The SMILES string of the molecule is CC1(c2ccccc2)CCN(c2cccc(-c3cccc(C#N)c3)c2)C(=O)O1. The third-order valence-corrected chi connectivity index (χ3v) is 5.21. The van der Waals surface area contributed by atoms with Gasteiger partial charge in [0, 0.05) is 18.7 Å². The molecule has 0 aliphatic carbocycles. The molecule has 1 saturated heterocycles. The van der Waals surface area contributed by atoms with Gasteiger partial charge in [-0.1, -0.05) is 54.6 Å². The Morgan fingerprint density at radius 1 is 0.964 bits per heavy atom. The van der Waals surface area contributed by atoms with Crippen LogP contribution in [0.5, 0.6) is 0 Å². The Bertz CT molecular complexity index is 1060. The van der Waals surface area contributed by atoms with Crippen molar-refractivity contribution in [2.45, 2.75) is 18.9 Å². The zero-order chi connectivity index (χ0) is 19.6. The number of hydrogen-bond donors (Lipinski definition) is 0. The minimum absolute atomic E-state index is 0.347. The Labute approximate surface area is 164 Å². The Balaban J connectivity index is 1.59. The van der Waals surface area contributed by atoms with Crippen LogP contribution in [-0.2, 0) is 10.3 Å². The number of benzene rings is 3. The molecule has 1 aliphatic rings. The van der Waals surface area contributed by atoms with Crippen molar-refractivity contribution in [3.8, 4) is 17.2 Å². The van der Waals surface area contributed by atoms with Gasteiger partial charge in [-0.05, 0) is 47.9 Å². The number of hydrogen-bond acceptors (Lipinski definition) is 3. The zero-order valence-corrected chi connectivity index (χ0v) is 15.6. The molecule has 138 valence electrons. The molecule has 0 radical (unpaired) electrons. The summed E-state index contributed by atoms with van der Waals surface area (Å²) in [5.41, 5.74) is 3.69. The number of anilines is 1. The number of nitrogens with zero attached hydrogens (tertiary/aromatic N) is 2. The summed E-state index contributed by atoms with van der Waals surface area (Å²) in [5, 5.41) is 9.13. The molecule has 0 saturated carbocycles. The molecule has 1 unspecified atom stereocenters. The van der Waals surface area contributed by atoms with Crippen LogP contribution in [-0.4, -0.2) is 12.6 Å². The third kappa shape index (κ3) is 3.35. The molecule has 3 aromatic rings. The minimum Gasteiger partial charge on any atom is -0.438 e. The summed E-state index contributed by atoms with van der Waals surface area (Å²) in [7, 11) is 0. The second-order valence-corrected chi connectivity index (χ2v) is 7.11. The smallest absolute Gasteiger partial charge is 0.415 e. The van der Waals surface area contributed by atoms with E-state index in [0.717, 1.165) is 22.4 Å². The average molecular weight is 368 g/mol. The topological polar surface area (TPSA) is 53.3 Å². The number of amides is 1. The van der Waals surface area contributed by atoms with Crippen LogP contribution in [0.3, 0.4) is 0 Å². The van der Waals surface area contributed by atoms with E-state index in [0.29, 0.717) is 18.5 Å². The van der Waals surface area contributed by atoms with Gasteiger partial charge in [0.25, 0.3) is 0 Å². The summed E-state index contributed by atoms with van der Waals surface area (Å²) in [4.78, 5) is 14.5. The maximum Gasteiger partial charge on any atom is 0.415 e. The molecule has 1 heterocycles. The zero-order valence-electron chi connectivity index (χ0n) is 15.6. The van der Waals surface area contributed by atoms with Crippen LogP contribution in [0, 0.1) is 11.3 Å². The summed E-state index contributed by atoms with van der Waals surface area (Å²) < 4.78 is 5.85. The van der Waals surface area contributed by atoms with Gasteiger partial charge in [-0.15, -0.1) is 0 Å². The van der Waals surface area contributed by atoms with Crippen molar-refractivity contribution in [3.63, 3.8) is 0 Å². The largest absolute Gasteiger partial charge is 0.438 e. The van der Waals surface area contributed by atoms with Crippen molar-refractivity contribution in [1.82, 2.24) is 0 Å². The lowest BCUT2D eigenvalue weighted by atomic mass is 9.91. The Morgan fingerprint density at radius 3 is 2.39 bits per heavy atom. The number of carbonyl (C=O) groups excluding carboxylic acids is 1. The van der Waals surface area contributed by atoms with Crippen LogP contribution in [0.25, 0.3) is 11.1 Å². The lowest BCUT2D eigenvalue weighted by Gasteiger charge is -2.39. The molecule has 1 atom stereocenters. The fraction of sp³-hybridized carbons (Fsp3) is 0.167. The summed E-state index contributed by atoms with van der Waals surface area (Å²) in [6.07, 6.45) is 0.359. The van der Waals surface area contributed by atoms with Gasteiger partial charge in [-0.2, -0.15) is 5.26 Å². The Hall–Kier alpha value is -3.58. The summed E-state index contributed by atoms with van der Waals surface area (Å²) in [6, 6.07) is 27.2. The summed E-state index contributed by atoms with van der Waals surface area (Å²) >= 11 is 0. The lowest BCUT2D eigenvalue weighted by Crippen LogP contribution is -2.46. The molecule has 28 heavy (non-hydrogen) atoms. The number of rotatable bonds is 3. The normalized spacial score (nSPS) is 19.0. The first-order valence-corrected chi connectivity index (χ1v) is 9.26. The van der Waals surface area contributed by atoms with Crippen LogP contribution in [0.4, 0.5) is 10.5 Å². The molecular formula is C24H20N2O2. The number of carbonyl (C=O) groups is 1. The summed E-state index contributed by atoms with van der Waals surface area (Å²) in [6.45, 7) is 2.54. The molecule has 0 spiro atoms. The van der Waals surface area contributed by atoms with E-state index in [1.807, 2.05) is 79.7 Å². The lowest BCUT2D eigenvalue weighted by molar-refractivity contribution is 0.00583. The second-order valence-electron chi connectivity index (χ2n) is 7.11. The monoisotopic (exact) mass is 368 g/mol. The van der Waals surface area contributed by atoms with E-state index in [1.54, 1.807) is 11.0 Å². The fourth-order valence-corrected chi connectivity index (χ4v) is 3.57. The molecule has 0 aromatic heterocycles. The highest BCUT2D eigenvalue weighted by Crippen LogP contribution is 2.36. The molecule has 4 nitrogen and oxygen atoms in total. The van der Waals surface area contributed by atoms with Gasteiger partial charge in [-0.3, -0.25) is 4.90 Å². The van der Waals surface area contributed by atoms with Gasteiger partial charge >= 0.3 is 6.09 Å². The first-order valence-electron chi connectivity index (χ1n) is 9.26. The van der Waals surface area contributed by atoms with Crippen molar-refractivity contribution in [2.75, 3.05) is 11.4 Å². The third-order valence-electron chi connectivity index (χ3n) is 5.21. The Morgan fingerprint density at radius 2 is 1.68 bits per heavy atom. The van der Waals surface area contributed by atoms with Gasteiger partial charge in [0.05, 0.1) is 11.6 Å². The highest BCUT2D eigenvalue weighted by atomic mass is 16.6. The standard InChI is InChI=1S/C24H20N2O2/c1-24(21-10-3-2-4-11-21)13-14-26(23(27)28-24)22-12-6-9-20(16-22)19-8-5-7-18(15-19)17-25/h2-12,15-16H,13-14H2,1H3. The fourth-order valence-electron chi connectivity index (χ4n) is 3.57. The molecule has 1 aliphatic heterocycles. The van der Waals surface area contributed by atoms with Crippen LogP contribution in [0.15, 0.2) is 78.9 Å². The average Bonchev–Trinajstić information content (AvgIpc) is 2.74. The van der Waals surface area contributed by atoms with Gasteiger partial charge < -0.3 is 4.74 Å². The molecular weight excluding hydrogens is 348 g/mol. The van der Waals surface area contributed by atoms with E-state index in [-0.39, 0.29) is 6.09 Å². The molecule has 4 rings (SSSR count). The maximum absolute atomic E-state index is 12.8. The maximum atomic E-state index is 12.8. The predicted octanol–water partition coefficient (Wildman–Crippen LogP) is 5.49. The first kappa shape index (κ1) is 17.8. The van der Waals surface area contributed by atoms with Crippen molar-refractivity contribution in [3.05, 3.63) is 90.0 Å². The van der Waals surface area contributed by atoms with Gasteiger partial charge in [0.1, 0.15) is 5.60 Å². The van der Waals surface area contributed by atoms with Crippen LogP contribution in [0.2, 0.25) is 0 Å². The molecule has 0 bridgehead atoms. The van der Waals surface area contributed by atoms with Gasteiger partial charge in [0.2, 0.25) is 0 Å². The molecule has 1 amide bonds. The van der Waals surface area contributed by atoms with E-state index < -0.39 is 5.60 Å². The van der Waals surface area contributed by atoms with Crippen molar-refractivity contribution in [2.24, 2.45) is 0 Å². The van der Waals surface area contributed by atoms with Gasteiger partial charge in [0.15, 0.2) is 0 Å². The summed E-state index contributed by atoms with van der Waals surface area (Å²) in [5.74, 6) is 0. The van der Waals surface area contributed by atoms with Gasteiger partial charge in [-0.25, -0.2) is 4.79 Å². The minimum atomic E-state index is -0.617. The van der Waals surface area contributed by atoms with E-state index in [1.165, 1.54) is 0 Å². The number of ether oxygens (including phenoxy) is 1. The van der Waals surface area contributed by atoms with Crippen molar-refractivity contribution >= 4 is 11.8 Å². The molecule has 1 fully saturated rings. The highest BCUT2D eigenvalue weighted by Gasteiger charge is 2.38. The second kappa shape index (κ2) is 7.21.